The fourth-order valence-corrected chi connectivity index (χ4v) is 1.85. The molecule has 11 heavy (non-hydrogen) atoms. The molecule has 2 atom stereocenters. The first-order valence-corrected chi connectivity index (χ1v) is 4.61. The van der Waals surface area contributed by atoms with Gasteiger partial charge in [0.1, 0.15) is 0 Å². The molecule has 0 spiro atoms. The molecule has 1 aliphatic heterocycles. The van der Waals surface area contributed by atoms with Crippen molar-refractivity contribution in [3.05, 3.63) is 0 Å². The van der Waals surface area contributed by atoms with E-state index in [1.807, 2.05) is 0 Å². The Morgan fingerprint density at radius 3 is 2.91 bits per heavy atom. The maximum atomic E-state index is 11.1. The summed E-state index contributed by atoms with van der Waals surface area (Å²) in [7, 11) is 0. The number of β-amino-alcohol motifs (C(OH)–C–C–N with tert-alkyl or cyclic N) is 1. The number of likely N-dealkylation sites (tertiary alicyclic amines) is 1. The number of rotatable bonds is 2. The average molecular weight is 222 g/mol. The molecule has 0 aromatic carbocycles. The molecule has 1 heterocycles. The molecule has 1 aliphatic rings. The molecule has 4 heteroatoms. The Balaban J connectivity index is 2.41. The van der Waals surface area contributed by atoms with Crippen molar-refractivity contribution in [2.24, 2.45) is 0 Å². The lowest BCUT2D eigenvalue weighted by atomic mass is 10.4. The molecule has 0 bridgehead atoms. The van der Waals surface area contributed by atoms with Gasteiger partial charge in [-0.3, -0.25) is 4.79 Å². The number of nitrogens with zero attached hydrogens (tertiary/aromatic N) is 1. The van der Waals surface area contributed by atoms with E-state index in [4.69, 9.17) is 5.11 Å². The zero-order valence-electron chi connectivity index (χ0n) is 6.46. The summed E-state index contributed by atoms with van der Waals surface area (Å²) in [5, 5.41) is 9.01. The smallest absolute Gasteiger partial charge is 0.223 e. The molecular weight excluding hydrogens is 210 g/mol. The zero-order chi connectivity index (χ0) is 8.43. The summed E-state index contributed by atoms with van der Waals surface area (Å²) >= 11 is 3.36. The summed E-state index contributed by atoms with van der Waals surface area (Å²) in [5.41, 5.74) is 0. The topological polar surface area (TPSA) is 40.5 Å². The van der Waals surface area contributed by atoms with Crippen LogP contribution in [0.2, 0.25) is 0 Å². The molecule has 0 saturated carbocycles. The highest BCUT2D eigenvalue weighted by Crippen LogP contribution is 2.17. The number of carbonyl (C=O) groups is 1. The summed E-state index contributed by atoms with van der Waals surface area (Å²) in [6, 6.07) is 0. The van der Waals surface area contributed by atoms with E-state index in [1.165, 1.54) is 0 Å². The van der Waals surface area contributed by atoms with Crippen LogP contribution in [0.4, 0.5) is 0 Å². The van der Waals surface area contributed by atoms with Crippen molar-refractivity contribution < 1.29 is 9.90 Å². The van der Waals surface area contributed by atoms with E-state index in [1.54, 1.807) is 11.8 Å². The average Bonchev–Trinajstić information content (AvgIpc) is 2.09. The Hall–Kier alpha value is -0.0900. The number of hydrogen-bond donors (Lipinski definition) is 1. The standard InChI is InChI=1S/C7H12BrNO2/c1-5(10)3-9-4-6(8)2-7(9)11/h5-6,10H,2-4H2,1H3. The Morgan fingerprint density at radius 2 is 2.55 bits per heavy atom. The van der Waals surface area contributed by atoms with Crippen LogP contribution in [0.1, 0.15) is 13.3 Å². The fraction of sp³-hybridized carbons (Fsp3) is 0.857. The minimum atomic E-state index is -0.420. The molecule has 3 nitrogen and oxygen atoms in total. The predicted octanol–water partition coefficient (Wildman–Crippen LogP) is 0.363. The van der Waals surface area contributed by atoms with E-state index in [0.29, 0.717) is 13.0 Å². The molecule has 0 aromatic rings. The van der Waals surface area contributed by atoms with Gasteiger partial charge in [0.2, 0.25) is 5.91 Å². The Morgan fingerprint density at radius 1 is 1.91 bits per heavy atom. The number of aliphatic hydroxyl groups is 1. The number of hydrogen-bond acceptors (Lipinski definition) is 2. The van der Waals surface area contributed by atoms with Gasteiger partial charge >= 0.3 is 0 Å². The first-order chi connectivity index (χ1) is 5.09. The molecule has 0 radical (unpaired) electrons. The van der Waals surface area contributed by atoms with Crippen LogP contribution in [0.5, 0.6) is 0 Å². The number of carbonyl (C=O) groups excluding carboxylic acids is 1. The van der Waals surface area contributed by atoms with E-state index < -0.39 is 6.10 Å². The molecule has 1 N–H and O–H groups in total. The molecule has 0 aromatic heterocycles. The lowest BCUT2D eigenvalue weighted by Crippen LogP contribution is -2.32. The summed E-state index contributed by atoms with van der Waals surface area (Å²) in [6.07, 6.45) is 0.143. The second-order valence-electron chi connectivity index (χ2n) is 2.95. The summed E-state index contributed by atoms with van der Waals surface area (Å²) in [4.78, 5) is 13.1. The Kier molecular flexibility index (Phi) is 2.90. The monoisotopic (exact) mass is 221 g/mol. The Labute approximate surface area is 74.5 Å². The number of halogens is 1. The van der Waals surface area contributed by atoms with Gasteiger partial charge in [-0.05, 0) is 6.92 Å². The number of amides is 1. The first-order valence-electron chi connectivity index (χ1n) is 3.69. The van der Waals surface area contributed by atoms with Gasteiger partial charge in [0, 0.05) is 24.3 Å². The summed E-state index contributed by atoms with van der Waals surface area (Å²) < 4.78 is 0. The van der Waals surface area contributed by atoms with Crippen LogP contribution in [-0.2, 0) is 4.79 Å². The van der Waals surface area contributed by atoms with Crippen molar-refractivity contribution in [2.75, 3.05) is 13.1 Å². The van der Waals surface area contributed by atoms with Crippen molar-refractivity contribution in [1.82, 2.24) is 4.90 Å². The predicted molar refractivity (Wildman–Crippen MR) is 45.6 cm³/mol. The summed E-state index contributed by atoms with van der Waals surface area (Å²) in [6.45, 7) is 2.87. The largest absolute Gasteiger partial charge is 0.392 e. The van der Waals surface area contributed by atoms with Gasteiger partial charge in [0.15, 0.2) is 0 Å². The van der Waals surface area contributed by atoms with Crippen LogP contribution in [0.15, 0.2) is 0 Å². The van der Waals surface area contributed by atoms with Crippen LogP contribution in [-0.4, -0.2) is 39.9 Å². The lowest BCUT2D eigenvalue weighted by Gasteiger charge is -2.16. The van der Waals surface area contributed by atoms with Crippen LogP contribution < -0.4 is 0 Å². The molecule has 64 valence electrons. The fourth-order valence-electron chi connectivity index (χ4n) is 1.22. The van der Waals surface area contributed by atoms with Crippen molar-refractivity contribution >= 4 is 21.8 Å². The molecule has 1 saturated heterocycles. The minimum absolute atomic E-state index is 0.132. The maximum Gasteiger partial charge on any atom is 0.223 e. The second-order valence-corrected chi connectivity index (χ2v) is 4.24. The van der Waals surface area contributed by atoms with Crippen molar-refractivity contribution in [2.45, 2.75) is 24.3 Å². The van der Waals surface area contributed by atoms with Crippen molar-refractivity contribution in [3.63, 3.8) is 0 Å². The minimum Gasteiger partial charge on any atom is -0.392 e. The highest BCUT2D eigenvalue weighted by molar-refractivity contribution is 9.09. The van der Waals surface area contributed by atoms with Crippen LogP contribution in [0.3, 0.4) is 0 Å². The van der Waals surface area contributed by atoms with E-state index >= 15 is 0 Å². The molecular formula is C7H12BrNO2. The van der Waals surface area contributed by atoms with Gasteiger partial charge in [-0.25, -0.2) is 0 Å². The second kappa shape index (κ2) is 3.54. The van der Waals surface area contributed by atoms with E-state index in [2.05, 4.69) is 15.9 Å². The molecule has 0 aliphatic carbocycles. The van der Waals surface area contributed by atoms with Crippen LogP contribution >= 0.6 is 15.9 Å². The highest BCUT2D eigenvalue weighted by atomic mass is 79.9. The van der Waals surface area contributed by atoms with E-state index in [9.17, 15) is 4.79 Å². The van der Waals surface area contributed by atoms with Crippen LogP contribution in [0, 0.1) is 0 Å². The Bertz CT molecular complexity index is 161. The zero-order valence-corrected chi connectivity index (χ0v) is 8.04. The van der Waals surface area contributed by atoms with Gasteiger partial charge < -0.3 is 10.0 Å². The highest BCUT2D eigenvalue weighted by Gasteiger charge is 2.27. The third-order valence-corrected chi connectivity index (χ3v) is 2.27. The maximum absolute atomic E-state index is 11.1. The molecule has 1 rings (SSSR count). The summed E-state index contributed by atoms with van der Waals surface area (Å²) in [5.74, 6) is 0.132. The number of alkyl halides is 1. The van der Waals surface area contributed by atoms with Crippen LogP contribution in [0.25, 0.3) is 0 Å². The van der Waals surface area contributed by atoms with Crippen molar-refractivity contribution in [3.8, 4) is 0 Å². The van der Waals surface area contributed by atoms with Gasteiger partial charge in [0.05, 0.1) is 6.10 Å². The third kappa shape index (κ3) is 2.45. The molecule has 1 amide bonds. The van der Waals surface area contributed by atoms with E-state index in [0.717, 1.165) is 6.54 Å². The number of aliphatic hydroxyl groups excluding tert-OH is 1. The van der Waals surface area contributed by atoms with Gasteiger partial charge in [-0.15, -0.1) is 0 Å². The first kappa shape index (κ1) is 9.00. The SMILES string of the molecule is CC(O)CN1CC(Br)CC1=O. The molecule has 1 fully saturated rings. The quantitative estimate of drug-likeness (QED) is 0.685. The van der Waals surface area contributed by atoms with E-state index in [-0.39, 0.29) is 10.7 Å². The van der Waals surface area contributed by atoms with Gasteiger partial charge in [-0.1, -0.05) is 15.9 Å². The van der Waals surface area contributed by atoms with Crippen molar-refractivity contribution in [1.29, 1.82) is 0 Å². The van der Waals surface area contributed by atoms with Gasteiger partial charge in [0.25, 0.3) is 0 Å². The third-order valence-electron chi connectivity index (χ3n) is 1.65. The molecule has 2 unspecified atom stereocenters. The van der Waals surface area contributed by atoms with Gasteiger partial charge in [-0.2, -0.15) is 0 Å². The lowest BCUT2D eigenvalue weighted by molar-refractivity contribution is -0.128. The normalized spacial score (nSPS) is 27.7.